The summed E-state index contributed by atoms with van der Waals surface area (Å²) in [5.74, 6) is 0.664. The van der Waals surface area contributed by atoms with Gasteiger partial charge in [0.05, 0.1) is 12.2 Å². The summed E-state index contributed by atoms with van der Waals surface area (Å²) in [6.45, 7) is 2.72. The largest absolute Gasteiger partial charge is 0.492 e. The van der Waals surface area contributed by atoms with E-state index >= 15 is 0 Å². The predicted molar refractivity (Wildman–Crippen MR) is 102 cm³/mol. The third-order valence-corrected chi connectivity index (χ3v) is 5.61. The molecule has 24 heavy (non-hydrogen) atoms. The van der Waals surface area contributed by atoms with E-state index in [1.807, 2.05) is 48.0 Å². The van der Waals surface area contributed by atoms with Crippen molar-refractivity contribution in [2.24, 2.45) is 0 Å². The molecule has 0 radical (unpaired) electrons. The number of thiazole rings is 1. The van der Waals surface area contributed by atoms with Crippen molar-refractivity contribution >= 4 is 44.5 Å². The Morgan fingerprint density at radius 3 is 3.00 bits per heavy atom. The minimum Gasteiger partial charge on any atom is -0.492 e. The maximum atomic E-state index is 12.3. The van der Waals surface area contributed by atoms with Gasteiger partial charge in [-0.2, -0.15) is 11.3 Å². The predicted octanol–water partition coefficient (Wildman–Crippen LogP) is 4.75. The van der Waals surface area contributed by atoms with Gasteiger partial charge >= 0.3 is 0 Å². The number of ether oxygens (including phenoxy) is 1. The van der Waals surface area contributed by atoms with Gasteiger partial charge in [0, 0.05) is 15.4 Å². The highest BCUT2D eigenvalue weighted by molar-refractivity contribution is 9.10. The Labute approximate surface area is 156 Å². The van der Waals surface area contributed by atoms with Crippen molar-refractivity contribution in [3.05, 3.63) is 56.1 Å². The maximum absolute atomic E-state index is 12.3. The molecule has 4 nitrogen and oxygen atoms in total. The average molecular weight is 423 g/mol. The van der Waals surface area contributed by atoms with E-state index in [0.29, 0.717) is 18.0 Å². The molecule has 0 atom stereocenters. The van der Waals surface area contributed by atoms with Crippen LogP contribution in [0.5, 0.6) is 5.75 Å². The zero-order valence-electron chi connectivity index (χ0n) is 12.9. The highest BCUT2D eigenvalue weighted by atomic mass is 79.9. The molecule has 0 fully saturated rings. The van der Waals surface area contributed by atoms with Gasteiger partial charge in [0.1, 0.15) is 22.2 Å². The van der Waals surface area contributed by atoms with E-state index in [0.717, 1.165) is 26.5 Å². The van der Waals surface area contributed by atoms with Crippen LogP contribution in [0.25, 0.3) is 10.6 Å². The topological polar surface area (TPSA) is 51.2 Å². The van der Waals surface area contributed by atoms with E-state index in [4.69, 9.17) is 4.74 Å². The van der Waals surface area contributed by atoms with Crippen molar-refractivity contribution in [3.63, 3.8) is 0 Å². The van der Waals surface area contributed by atoms with Crippen LogP contribution >= 0.6 is 38.6 Å². The molecule has 0 saturated carbocycles. The second kappa shape index (κ2) is 7.92. The Morgan fingerprint density at radius 2 is 2.25 bits per heavy atom. The molecule has 0 spiro atoms. The van der Waals surface area contributed by atoms with E-state index in [1.54, 1.807) is 11.3 Å². The number of hydrogen-bond acceptors (Lipinski definition) is 5. The van der Waals surface area contributed by atoms with E-state index < -0.39 is 0 Å². The number of aromatic nitrogens is 1. The first-order chi connectivity index (χ1) is 11.6. The van der Waals surface area contributed by atoms with Gasteiger partial charge in [0.25, 0.3) is 5.91 Å². The number of amides is 1. The summed E-state index contributed by atoms with van der Waals surface area (Å²) in [5, 5.41) is 7.80. The quantitative estimate of drug-likeness (QED) is 0.582. The van der Waals surface area contributed by atoms with Crippen LogP contribution in [0, 0.1) is 6.92 Å². The van der Waals surface area contributed by atoms with Crippen LogP contribution in [-0.2, 0) is 0 Å². The van der Waals surface area contributed by atoms with Crippen LogP contribution in [0.15, 0.2) is 45.6 Å². The molecule has 0 saturated heterocycles. The summed E-state index contributed by atoms with van der Waals surface area (Å²) in [6.07, 6.45) is 0. The second-order valence-electron chi connectivity index (χ2n) is 5.01. The molecular weight excluding hydrogens is 408 g/mol. The first-order valence-corrected chi connectivity index (χ1v) is 9.85. The molecule has 1 aromatic carbocycles. The second-order valence-corrected chi connectivity index (χ2v) is 7.70. The van der Waals surface area contributed by atoms with Crippen molar-refractivity contribution in [2.75, 3.05) is 13.2 Å². The molecular formula is C17H15BrN2O2S2. The van der Waals surface area contributed by atoms with Crippen LogP contribution in [0.4, 0.5) is 0 Å². The highest BCUT2D eigenvalue weighted by Crippen LogP contribution is 2.29. The number of halogens is 1. The standard InChI is InChI=1S/C17H15BrN2O2S2/c1-11-15(24-17(20-11)12-5-8-23-10-12)16(21)19-6-7-22-14-4-2-3-13(18)9-14/h2-5,8-10H,6-7H2,1H3,(H,19,21). The van der Waals surface area contributed by atoms with Gasteiger partial charge in [-0.1, -0.05) is 22.0 Å². The van der Waals surface area contributed by atoms with Crippen LogP contribution in [-0.4, -0.2) is 24.0 Å². The van der Waals surface area contributed by atoms with Crippen LogP contribution in [0.1, 0.15) is 15.4 Å². The van der Waals surface area contributed by atoms with Crippen molar-refractivity contribution in [3.8, 4) is 16.3 Å². The summed E-state index contributed by atoms with van der Waals surface area (Å²) < 4.78 is 6.58. The molecule has 1 amide bonds. The molecule has 7 heteroatoms. The van der Waals surface area contributed by atoms with Crippen molar-refractivity contribution in [2.45, 2.75) is 6.92 Å². The Hall–Kier alpha value is -1.70. The van der Waals surface area contributed by atoms with Crippen molar-refractivity contribution in [1.82, 2.24) is 10.3 Å². The van der Waals surface area contributed by atoms with Crippen LogP contribution in [0.2, 0.25) is 0 Å². The molecule has 0 bridgehead atoms. The number of nitrogens with one attached hydrogen (secondary N) is 1. The summed E-state index contributed by atoms with van der Waals surface area (Å²) >= 11 is 6.44. The normalized spacial score (nSPS) is 10.6. The average Bonchev–Trinajstić information content (AvgIpc) is 3.21. The summed E-state index contributed by atoms with van der Waals surface area (Å²) in [6, 6.07) is 9.63. The lowest BCUT2D eigenvalue weighted by Gasteiger charge is -2.07. The van der Waals surface area contributed by atoms with Gasteiger partial charge in [-0.05, 0) is 36.6 Å². The number of thiophene rings is 1. The molecule has 3 aromatic rings. The monoisotopic (exact) mass is 422 g/mol. The third-order valence-electron chi connectivity index (χ3n) is 3.22. The molecule has 0 aliphatic heterocycles. The van der Waals surface area contributed by atoms with Gasteiger partial charge in [-0.3, -0.25) is 4.79 Å². The molecule has 124 valence electrons. The molecule has 0 aliphatic carbocycles. The fourth-order valence-corrected chi connectivity index (χ4v) is 4.16. The van der Waals surface area contributed by atoms with Gasteiger partial charge in [0.15, 0.2) is 0 Å². The van der Waals surface area contributed by atoms with Gasteiger partial charge < -0.3 is 10.1 Å². The summed E-state index contributed by atoms with van der Waals surface area (Å²) in [5.41, 5.74) is 1.82. The van der Waals surface area contributed by atoms with Gasteiger partial charge in [-0.25, -0.2) is 4.98 Å². The first-order valence-electron chi connectivity index (χ1n) is 7.30. The maximum Gasteiger partial charge on any atom is 0.263 e. The minimum absolute atomic E-state index is 0.107. The fraction of sp³-hybridized carbons (Fsp3) is 0.176. The van der Waals surface area contributed by atoms with E-state index in [-0.39, 0.29) is 5.91 Å². The van der Waals surface area contributed by atoms with Gasteiger partial charge in [0.2, 0.25) is 0 Å². The fourth-order valence-electron chi connectivity index (χ4n) is 2.09. The number of carbonyl (C=O) groups excluding carboxylic acids is 1. The summed E-state index contributed by atoms with van der Waals surface area (Å²) in [4.78, 5) is 17.5. The SMILES string of the molecule is Cc1nc(-c2ccsc2)sc1C(=O)NCCOc1cccc(Br)c1. The molecule has 0 unspecified atom stereocenters. The molecule has 0 aliphatic rings. The molecule has 1 N–H and O–H groups in total. The number of nitrogens with zero attached hydrogens (tertiary/aromatic N) is 1. The van der Waals surface area contributed by atoms with E-state index in [2.05, 4.69) is 26.2 Å². The summed E-state index contributed by atoms with van der Waals surface area (Å²) in [7, 11) is 0. The Balaban J connectivity index is 1.54. The van der Waals surface area contributed by atoms with Gasteiger partial charge in [-0.15, -0.1) is 11.3 Å². The third kappa shape index (κ3) is 4.23. The molecule has 3 rings (SSSR count). The Morgan fingerprint density at radius 1 is 1.38 bits per heavy atom. The smallest absolute Gasteiger partial charge is 0.263 e. The molecule has 2 heterocycles. The zero-order chi connectivity index (χ0) is 16.9. The van der Waals surface area contributed by atoms with Crippen molar-refractivity contribution < 1.29 is 9.53 Å². The van der Waals surface area contributed by atoms with Crippen molar-refractivity contribution in [1.29, 1.82) is 0 Å². The lowest BCUT2D eigenvalue weighted by molar-refractivity contribution is 0.0950. The lowest BCUT2D eigenvalue weighted by Crippen LogP contribution is -2.27. The Kier molecular flexibility index (Phi) is 5.65. The van der Waals surface area contributed by atoms with Crippen LogP contribution < -0.4 is 10.1 Å². The lowest BCUT2D eigenvalue weighted by atomic mass is 10.3. The number of carbonyl (C=O) groups is 1. The first kappa shape index (κ1) is 17.1. The van der Waals surface area contributed by atoms with E-state index in [1.165, 1.54) is 11.3 Å². The minimum atomic E-state index is -0.107. The number of rotatable bonds is 6. The number of aryl methyl sites for hydroxylation is 1. The Bertz CT molecular complexity index is 831. The zero-order valence-corrected chi connectivity index (χ0v) is 16.1. The number of benzene rings is 1. The van der Waals surface area contributed by atoms with Crippen LogP contribution in [0.3, 0.4) is 0 Å². The van der Waals surface area contributed by atoms with E-state index in [9.17, 15) is 4.79 Å². The highest BCUT2D eigenvalue weighted by Gasteiger charge is 2.16. The molecule has 2 aromatic heterocycles. The number of hydrogen-bond donors (Lipinski definition) is 1.